The summed E-state index contributed by atoms with van der Waals surface area (Å²) in [6.45, 7) is 7.38. The van der Waals surface area contributed by atoms with Crippen molar-refractivity contribution in [1.82, 2.24) is 4.57 Å². The lowest BCUT2D eigenvalue weighted by Crippen LogP contribution is -2.15. The van der Waals surface area contributed by atoms with Crippen molar-refractivity contribution in [3.05, 3.63) is 71.1 Å². The van der Waals surface area contributed by atoms with Crippen LogP contribution in [0.15, 0.2) is 48.6 Å². The molecule has 0 fully saturated rings. The summed E-state index contributed by atoms with van der Waals surface area (Å²) in [6, 6.07) is 11.9. The van der Waals surface area contributed by atoms with Crippen molar-refractivity contribution in [2.24, 2.45) is 0 Å². The number of carbonyl (C=O) groups excluding carboxylic acids is 3. The highest BCUT2D eigenvalue weighted by Gasteiger charge is 2.20. The zero-order valence-corrected chi connectivity index (χ0v) is 16.6. The second kappa shape index (κ2) is 9.69. The Labute approximate surface area is 164 Å². The molecule has 1 aromatic carbocycles. The van der Waals surface area contributed by atoms with Gasteiger partial charge in [-0.3, -0.25) is 4.79 Å². The third-order valence-electron chi connectivity index (χ3n) is 4.44. The molecule has 28 heavy (non-hydrogen) atoms. The minimum atomic E-state index is -0.770. The number of ether oxygens (including phenoxy) is 2. The maximum absolute atomic E-state index is 12.5. The van der Waals surface area contributed by atoms with Crippen LogP contribution in [0.4, 0.5) is 0 Å². The lowest BCUT2D eigenvalue weighted by atomic mass is 10.1. The third-order valence-corrected chi connectivity index (χ3v) is 4.44. The number of benzene rings is 1. The van der Waals surface area contributed by atoms with E-state index in [2.05, 4.69) is 16.2 Å². The predicted molar refractivity (Wildman–Crippen MR) is 105 cm³/mol. The van der Waals surface area contributed by atoms with Crippen molar-refractivity contribution in [3.8, 4) is 0 Å². The van der Waals surface area contributed by atoms with Gasteiger partial charge in [0.15, 0.2) is 6.61 Å². The van der Waals surface area contributed by atoms with E-state index >= 15 is 0 Å². The minimum absolute atomic E-state index is 0.0674. The van der Waals surface area contributed by atoms with Crippen LogP contribution in [0.3, 0.4) is 0 Å². The Balaban J connectivity index is 2.07. The van der Waals surface area contributed by atoms with Crippen molar-refractivity contribution in [3.63, 3.8) is 0 Å². The van der Waals surface area contributed by atoms with E-state index < -0.39 is 18.5 Å². The van der Waals surface area contributed by atoms with Crippen LogP contribution in [-0.2, 0) is 19.1 Å². The van der Waals surface area contributed by atoms with Crippen LogP contribution in [-0.4, -0.2) is 35.5 Å². The molecule has 6 heteroatoms. The van der Waals surface area contributed by atoms with Gasteiger partial charge in [0.05, 0.1) is 12.6 Å². The van der Waals surface area contributed by atoms with Crippen LogP contribution < -0.4 is 0 Å². The number of nitrogens with zero attached hydrogens (tertiary/aromatic N) is 1. The maximum Gasteiger partial charge on any atom is 0.331 e. The molecule has 0 aliphatic carbocycles. The van der Waals surface area contributed by atoms with Crippen LogP contribution in [0.5, 0.6) is 0 Å². The summed E-state index contributed by atoms with van der Waals surface area (Å²) in [5.41, 5.74) is 3.42. The second-order valence-electron chi connectivity index (χ2n) is 6.36. The molecule has 2 rings (SSSR count). The lowest BCUT2D eigenvalue weighted by molar-refractivity contribution is -0.139. The summed E-state index contributed by atoms with van der Waals surface area (Å²) in [6.07, 6.45) is 1.93. The first-order valence-corrected chi connectivity index (χ1v) is 9.13. The smallest absolute Gasteiger partial charge is 0.331 e. The highest BCUT2D eigenvalue weighted by molar-refractivity contribution is 6.00. The molecule has 0 amide bonds. The molecule has 2 aromatic rings. The molecule has 0 aliphatic heterocycles. The molecule has 148 valence electrons. The van der Waals surface area contributed by atoms with E-state index in [4.69, 9.17) is 4.74 Å². The highest BCUT2D eigenvalue weighted by Crippen LogP contribution is 2.25. The standard InChI is InChI=1S/C22H25NO5/c1-5-27-21(25)11-12-22(26)28-14-20(24)19-13-15(2)23(17(19)4)16(3)18-9-7-6-8-10-18/h6-13,16H,5,14H2,1-4H3/b12-11+/t16-/m1/s1. The van der Waals surface area contributed by atoms with Gasteiger partial charge in [-0.2, -0.15) is 0 Å². The number of hydrogen-bond donors (Lipinski definition) is 0. The number of ketones is 1. The summed E-state index contributed by atoms with van der Waals surface area (Å²) in [4.78, 5) is 35.4. The topological polar surface area (TPSA) is 74.6 Å². The fraction of sp³-hybridized carbons (Fsp3) is 0.318. The van der Waals surface area contributed by atoms with Gasteiger partial charge in [-0.1, -0.05) is 30.3 Å². The largest absolute Gasteiger partial charge is 0.463 e. The van der Waals surface area contributed by atoms with Crippen LogP contribution >= 0.6 is 0 Å². The van der Waals surface area contributed by atoms with E-state index in [0.29, 0.717) is 5.56 Å². The van der Waals surface area contributed by atoms with Crippen molar-refractivity contribution in [2.75, 3.05) is 13.2 Å². The lowest BCUT2D eigenvalue weighted by Gasteiger charge is -2.19. The summed E-state index contributed by atoms with van der Waals surface area (Å²) in [7, 11) is 0. The number of aryl methyl sites for hydroxylation is 1. The molecule has 0 spiro atoms. The highest BCUT2D eigenvalue weighted by atomic mass is 16.5. The molecule has 0 saturated heterocycles. The van der Waals surface area contributed by atoms with E-state index in [9.17, 15) is 14.4 Å². The molecule has 0 saturated carbocycles. The maximum atomic E-state index is 12.5. The number of Topliss-reactive ketones (excluding diaryl/α,β-unsaturated/α-hetero) is 1. The molecular weight excluding hydrogens is 358 g/mol. The van der Waals surface area contributed by atoms with Crippen molar-refractivity contribution >= 4 is 17.7 Å². The van der Waals surface area contributed by atoms with E-state index in [1.807, 2.05) is 44.2 Å². The Morgan fingerprint density at radius 3 is 2.25 bits per heavy atom. The van der Waals surface area contributed by atoms with E-state index in [0.717, 1.165) is 29.1 Å². The Bertz CT molecular complexity index is 880. The van der Waals surface area contributed by atoms with E-state index in [-0.39, 0.29) is 18.4 Å². The third kappa shape index (κ3) is 5.19. The van der Waals surface area contributed by atoms with Crippen LogP contribution in [0.25, 0.3) is 0 Å². The molecule has 0 radical (unpaired) electrons. The average molecular weight is 383 g/mol. The first-order chi connectivity index (χ1) is 13.3. The fourth-order valence-corrected chi connectivity index (χ4v) is 3.12. The molecule has 1 atom stereocenters. The monoisotopic (exact) mass is 383 g/mol. The quantitative estimate of drug-likeness (QED) is 0.396. The zero-order chi connectivity index (χ0) is 20.7. The number of esters is 2. The molecule has 0 unspecified atom stereocenters. The second-order valence-corrected chi connectivity index (χ2v) is 6.36. The first kappa shape index (κ1) is 21.2. The number of hydrogen-bond acceptors (Lipinski definition) is 5. The van der Waals surface area contributed by atoms with Crippen LogP contribution in [0.1, 0.15) is 47.2 Å². The van der Waals surface area contributed by atoms with Crippen molar-refractivity contribution < 1.29 is 23.9 Å². The van der Waals surface area contributed by atoms with Gasteiger partial charge < -0.3 is 14.0 Å². The SMILES string of the molecule is CCOC(=O)/C=C/C(=O)OCC(=O)c1cc(C)n([C@H](C)c2ccccc2)c1C. The molecule has 1 heterocycles. The summed E-state index contributed by atoms with van der Waals surface area (Å²) in [5.74, 6) is -1.70. The van der Waals surface area contributed by atoms with Crippen LogP contribution in [0, 0.1) is 13.8 Å². The summed E-state index contributed by atoms with van der Waals surface area (Å²) < 4.78 is 11.7. The Hall–Kier alpha value is -3.15. The Morgan fingerprint density at radius 1 is 1.04 bits per heavy atom. The summed E-state index contributed by atoms with van der Waals surface area (Å²) in [5, 5.41) is 0. The van der Waals surface area contributed by atoms with E-state index in [1.165, 1.54) is 0 Å². The predicted octanol–water partition coefficient (Wildman–Crippen LogP) is 3.56. The van der Waals surface area contributed by atoms with Crippen molar-refractivity contribution in [1.29, 1.82) is 0 Å². The van der Waals surface area contributed by atoms with Gasteiger partial charge in [0.1, 0.15) is 0 Å². The minimum Gasteiger partial charge on any atom is -0.463 e. The molecule has 0 bridgehead atoms. The van der Waals surface area contributed by atoms with Gasteiger partial charge in [0.2, 0.25) is 5.78 Å². The van der Waals surface area contributed by atoms with Crippen LogP contribution in [0.2, 0.25) is 0 Å². The van der Waals surface area contributed by atoms with Gasteiger partial charge in [0.25, 0.3) is 0 Å². The molecule has 0 N–H and O–H groups in total. The number of rotatable bonds is 8. The Kier molecular flexibility index (Phi) is 7.32. The Morgan fingerprint density at radius 2 is 1.64 bits per heavy atom. The van der Waals surface area contributed by atoms with E-state index in [1.54, 1.807) is 13.0 Å². The normalized spacial score (nSPS) is 12.0. The molecule has 0 aliphatic rings. The molecule has 6 nitrogen and oxygen atoms in total. The first-order valence-electron chi connectivity index (χ1n) is 9.13. The van der Waals surface area contributed by atoms with Crippen molar-refractivity contribution in [2.45, 2.75) is 33.7 Å². The fourth-order valence-electron chi connectivity index (χ4n) is 3.12. The summed E-state index contributed by atoms with van der Waals surface area (Å²) >= 11 is 0. The molecular formula is C22H25NO5. The zero-order valence-electron chi connectivity index (χ0n) is 16.6. The van der Waals surface area contributed by atoms with Gasteiger partial charge in [-0.25, -0.2) is 9.59 Å². The van der Waals surface area contributed by atoms with Gasteiger partial charge in [-0.15, -0.1) is 0 Å². The molecule has 1 aromatic heterocycles. The van der Waals surface area contributed by atoms with Gasteiger partial charge in [-0.05, 0) is 39.3 Å². The number of aromatic nitrogens is 1. The number of carbonyl (C=O) groups is 3. The van der Waals surface area contributed by atoms with Gasteiger partial charge >= 0.3 is 11.9 Å². The van der Waals surface area contributed by atoms with Gasteiger partial charge in [0, 0.05) is 29.1 Å². The average Bonchev–Trinajstić information content (AvgIpc) is 2.99.